The Morgan fingerprint density at radius 2 is 1.67 bits per heavy atom. The van der Waals surface area contributed by atoms with Crippen LogP contribution in [0.15, 0.2) is 0 Å². The minimum absolute atomic E-state index is 0.114. The van der Waals surface area contributed by atoms with Crippen LogP contribution in [0.4, 0.5) is 4.39 Å². The van der Waals surface area contributed by atoms with E-state index in [1.807, 2.05) is 6.92 Å². The summed E-state index contributed by atoms with van der Waals surface area (Å²) in [4.78, 5) is 0. The van der Waals surface area contributed by atoms with Gasteiger partial charge in [0, 0.05) is 6.04 Å². The van der Waals surface area contributed by atoms with Crippen molar-refractivity contribution < 1.29 is 4.39 Å². The standard InChI is InChI=1S/C13H24FN/c1-13(14,11-7-4-5-8-11)12-9-3-2-6-10-15-12/h11-12,15H,2-10H2,1H3. The van der Waals surface area contributed by atoms with Crippen LogP contribution < -0.4 is 5.32 Å². The van der Waals surface area contributed by atoms with Crippen LogP contribution in [0.1, 0.15) is 58.3 Å². The summed E-state index contributed by atoms with van der Waals surface area (Å²) in [7, 11) is 0. The number of alkyl halides is 1. The van der Waals surface area contributed by atoms with Crippen LogP contribution in [0.25, 0.3) is 0 Å². The molecule has 1 nitrogen and oxygen atoms in total. The van der Waals surface area contributed by atoms with Crippen molar-refractivity contribution in [2.45, 2.75) is 70.0 Å². The van der Waals surface area contributed by atoms with Crippen LogP contribution in [0.5, 0.6) is 0 Å². The first-order valence-corrected chi connectivity index (χ1v) is 6.63. The lowest BCUT2D eigenvalue weighted by atomic mass is 9.81. The summed E-state index contributed by atoms with van der Waals surface area (Å²) >= 11 is 0. The smallest absolute Gasteiger partial charge is 0.126 e. The van der Waals surface area contributed by atoms with Crippen LogP contribution in [0, 0.1) is 5.92 Å². The molecule has 1 aliphatic carbocycles. The van der Waals surface area contributed by atoms with Gasteiger partial charge in [-0.2, -0.15) is 0 Å². The molecule has 0 radical (unpaired) electrons. The number of rotatable bonds is 2. The first-order chi connectivity index (χ1) is 7.21. The third kappa shape index (κ3) is 2.52. The Kier molecular flexibility index (Phi) is 3.65. The van der Waals surface area contributed by atoms with Crippen LogP contribution in [-0.4, -0.2) is 18.3 Å². The summed E-state index contributed by atoms with van der Waals surface area (Å²) in [5, 5.41) is 3.42. The van der Waals surface area contributed by atoms with Crippen molar-refractivity contribution in [1.82, 2.24) is 5.32 Å². The van der Waals surface area contributed by atoms with E-state index in [4.69, 9.17) is 0 Å². The SMILES string of the molecule is CC(F)(C1CCCC1)C1CCCCCN1. The van der Waals surface area contributed by atoms with Crippen LogP contribution in [0.2, 0.25) is 0 Å². The van der Waals surface area contributed by atoms with Crippen molar-refractivity contribution in [2.75, 3.05) is 6.54 Å². The third-order valence-electron chi connectivity index (χ3n) is 4.40. The molecule has 2 rings (SSSR count). The molecule has 1 saturated heterocycles. The highest BCUT2D eigenvalue weighted by atomic mass is 19.1. The number of hydrogen-bond acceptors (Lipinski definition) is 1. The molecule has 0 aromatic heterocycles. The van der Waals surface area contributed by atoms with E-state index >= 15 is 0 Å². The van der Waals surface area contributed by atoms with Crippen molar-refractivity contribution in [3.63, 3.8) is 0 Å². The zero-order valence-electron chi connectivity index (χ0n) is 9.90. The van der Waals surface area contributed by atoms with E-state index in [1.54, 1.807) is 0 Å². The van der Waals surface area contributed by atoms with Gasteiger partial charge in [-0.05, 0) is 45.1 Å². The molecule has 0 aromatic carbocycles. The zero-order valence-corrected chi connectivity index (χ0v) is 9.90. The topological polar surface area (TPSA) is 12.0 Å². The second kappa shape index (κ2) is 4.82. The molecule has 2 fully saturated rings. The summed E-state index contributed by atoms with van der Waals surface area (Å²) < 4.78 is 14.8. The van der Waals surface area contributed by atoms with Gasteiger partial charge in [0.25, 0.3) is 0 Å². The van der Waals surface area contributed by atoms with Gasteiger partial charge < -0.3 is 5.32 Å². The quantitative estimate of drug-likeness (QED) is 0.741. The van der Waals surface area contributed by atoms with E-state index in [0.29, 0.717) is 5.92 Å². The molecular formula is C13H24FN. The van der Waals surface area contributed by atoms with E-state index in [-0.39, 0.29) is 6.04 Å². The Hall–Kier alpha value is -0.110. The van der Waals surface area contributed by atoms with E-state index < -0.39 is 5.67 Å². The molecule has 1 aliphatic heterocycles. The van der Waals surface area contributed by atoms with E-state index in [0.717, 1.165) is 25.8 Å². The lowest BCUT2D eigenvalue weighted by Crippen LogP contribution is -2.49. The van der Waals surface area contributed by atoms with Crippen molar-refractivity contribution in [3.05, 3.63) is 0 Å². The Morgan fingerprint density at radius 3 is 2.40 bits per heavy atom. The second-order valence-electron chi connectivity index (χ2n) is 5.49. The summed E-state index contributed by atoms with van der Waals surface area (Å²) in [5.74, 6) is 0.313. The molecular weight excluding hydrogens is 189 g/mol. The fraction of sp³-hybridized carbons (Fsp3) is 1.00. The van der Waals surface area contributed by atoms with Gasteiger partial charge in [-0.1, -0.05) is 25.7 Å². The Morgan fingerprint density at radius 1 is 1.00 bits per heavy atom. The monoisotopic (exact) mass is 213 g/mol. The largest absolute Gasteiger partial charge is 0.311 e. The highest BCUT2D eigenvalue weighted by Crippen LogP contribution is 2.40. The van der Waals surface area contributed by atoms with Crippen LogP contribution in [0.3, 0.4) is 0 Å². The van der Waals surface area contributed by atoms with Crippen molar-refractivity contribution in [3.8, 4) is 0 Å². The van der Waals surface area contributed by atoms with Gasteiger partial charge in [0.2, 0.25) is 0 Å². The molecule has 0 amide bonds. The zero-order chi connectivity index (χ0) is 10.7. The van der Waals surface area contributed by atoms with Gasteiger partial charge in [-0.3, -0.25) is 0 Å². The minimum Gasteiger partial charge on any atom is -0.311 e. The molecule has 15 heavy (non-hydrogen) atoms. The first-order valence-electron chi connectivity index (χ1n) is 6.63. The lowest BCUT2D eigenvalue weighted by molar-refractivity contribution is 0.0557. The molecule has 2 atom stereocenters. The number of nitrogens with one attached hydrogen (secondary N) is 1. The molecule has 2 unspecified atom stereocenters. The fourth-order valence-electron chi connectivity index (χ4n) is 3.29. The highest BCUT2D eigenvalue weighted by Gasteiger charge is 2.42. The van der Waals surface area contributed by atoms with Crippen molar-refractivity contribution in [1.29, 1.82) is 0 Å². The van der Waals surface area contributed by atoms with Gasteiger partial charge in [-0.25, -0.2) is 4.39 Å². The number of hydrogen-bond donors (Lipinski definition) is 1. The molecule has 1 saturated carbocycles. The third-order valence-corrected chi connectivity index (χ3v) is 4.40. The summed E-state index contributed by atoms with van der Waals surface area (Å²) in [6.45, 7) is 2.85. The van der Waals surface area contributed by atoms with Crippen LogP contribution >= 0.6 is 0 Å². The minimum atomic E-state index is -0.971. The Balaban J connectivity index is 1.98. The molecule has 0 spiro atoms. The summed E-state index contributed by atoms with van der Waals surface area (Å²) in [6.07, 6.45) is 9.39. The van der Waals surface area contributed by atoms with Crippen LogP contribution in [-0.2, 0) is 0 Å². The van der Waals surface area contributed by atoms with E-state index in [1.165, 1.54) is 32.1 Å². The molecule has 1 N–H and O–H groups in total. The fourth-order valence-corrected chi connectivity index (χ4v) is 3.29. The summed E-state index contributed by atoms with van der Waals surface area (Å²) in [6, 6.07) is 0.114. The molecule has 0 bridgehead atoms. The van der Waals surface area contributed by atoms with Gasteiger partial charge in [0.1, 0.15) is 5.67 Å². The van der Waals surface area contributed by atoms with Gasteiger partial charge in [0.05, 0.1) is 0 Å². The maximum Gasteiger partial charge on any atom is 0.126 e. The molecule has 1 heterocycles. The molecule has 0 aromatic rings. The average molecular weight is 213 g/mol. The Bertz CT molecular complexity index is 189. The molecule has 2 heteroatoms. The van der Waals surface area contributed by atoms with Gasteiger partial charge in [-0.15, -0.1) is 0 Å². The molecule has 88 valence electrons. The number of halogens is 1. The predicted octanol–water partition coefficient (Wildman–Crippen LogP) is 3.44. The second-order valence-corrected chi connectivity index (χ2v) is 5.49. The van der Waals surface area contributed by atoms with E-state index in [9.17, 15) is 4.39 Å². The normalized spacial score (nSPS) is 33.6. The molecule has 2 aliphatic rings. The lowest BCUT2D eigenvalue weighted by Gasteiger charge is -2.35. The maximum atomic E-state index is 14.8. The van der Waals surface area contributed by atoms with E-state index in [2.05, 4.69) is 5.32 Å². The maximum absolute atomic E-state index is 14.8. The average Bonchev–Trinajstić information content (AvgIpc) is 2.61. The predicted molar refractivity (Wildman–Crippen MR) is 61.7 cm³/mol. The Labute approximate surface area is 92.8 Å². The van der Waals surface area contributed by atoms with Gasteiger partial charge >= 0.3 is 0 Å². The van der Waals surface area contributed by atoms with Crippen molar-refractivity contribution in [2.24, 2.45) is 5.92 Å². The first kappa shape index (κ1) is 11.4. The summed E-state index contributed by atoms with van der Waals surface area (Å²) in [5.41, 5.74) is -0.971. The highest BCUT2D eigenvalue weighted by molar-refractivity contribution is 4.96. The van der Waals surface area contributed by atoms with Crippen molar-refractivity contribution >= 4 is 0 Å². The van der Waals surface area contributed by atoms with Gasteiger partial charge in [0.15, 0.2) is 0 Å².